The van der Waals surface area contributed by atoms with Gasteiger partial charge in [-0.15, -0.1) is 0 Å². The maximum Gasteiger partial charge on any atom is 0.234 e. The van der Waals surface area contributed by atoms with Gasteiger partial charge in [-0.2, -0.15) is 0 Å². The molecule has 1 N–H and O–H groups in total. The molecule has 1 aliphatic rings. The molecule has 4 heteroatoms. The molecule has 0 aromatic heterocycles. The Balaban J connectivity index is 1.59. The molecule has 0 heterocycles. The molecule has 0 radical (unpaired) electrons. The maximum atomic E-state index is 12.6. The number of carbonyl (C=O) groups is 2. The van der Waals surface area contributed by atoms with Crippen LogP contribution in [0.1, 0.15) is 36.5 Å². The van der Waals surface area contributed by atoms with Crippen LogP contribution in [-0.4, -0.2) is 35.2 Å². The lowest BCUT2D eigenvalue weighted by Crippen LogP contribution is -2.46. The Morgan fingerprint density at radius 1 is 1.04 bits per heavy atom. The molecule has 1 amide bonds. The van der Waals surface area contributed by atoms with Gasteiger partial charge in [-0.25, -0.2) is 0 Å². The number of amides is 1. The fourth-order valence-corrected chi connectivity index (χ4v) is 3.25. The van der Waals surface area contributed by atoms with Crippen LogP contribution < -0.4 is 5.32 Å². The molecule has 27 heavy (non-hydrogen) atoms. The van der Waals surface area contributed by atoms with Crippen LogP contribution in [0, 0.1) is 6.92 Å². The molecule has 2 aromatic rings. The molecule has 142 valence electrons. The average molecular weight is 364 g/mol. The molecule has 1 unspecified atom stereocenters. The third-order valence-electron chi connectivity index (χ3n) is 5.02. The second-order valence-electron chi connectivity index (χ2n) is 7.54. The number of rotatable bonds is 9. The van der Waals surface area contributed by atoms with Crippen LogP contribution in [0.4, 0.5) is 0 Å². The third kappa shape index (κ3) is 6.04. The normalized spacial score (nSPS) is 14.8. The maximum absolute atomic E-state index is 12.6. The number of hydrogen-bond acceptors (Lipinski definition) is 3. The second-order valence-corrected chi connectivity index (χ2v) is 7.54. The fourth-order valence-electron chi connectivity index (χ4n) is 3.25. The lowest BCUT2D eigenvalue weighted by atomic mass is 10.0. The van der Waals surface area contributed by atoms with E-state index >= 15 is 0 Å². The number of nitrogens with zero attached hydrogens (tertiary/aromatic N) is 1. The van der Waals surface area contributed by atoms with Crippen LogP contribution in [0.5, 0.6) is 0 Å². The summed E-state index contributed by atoms with van der Waals surface area (Å²) in [6, 6.07) is 18.3. The van der Waals surface area contributed by atoms with Gasteiger partial charge in [0.15, 0.2) is 5.78 Å². The Hall–Kier alpha value is -2.46. The second kappa shape index (κ2) is 8.96. The number of carbonyl (C=O) groups excluding carboxylic acids is 2. The first-order chi connectivity index (χ1) is 13.0. The van der Waals surface area contributed by atoms with Crippen LogP contribution in [0.3, 0.4) is 0 Å². The van der Waals surface area contributed by atoms with Gasteiger partial charge in [0.2, 0.25) is 5.91 Å². The monoisotopic (exact) mass is 364 g/mol. The highest BCUT2D eigenvalue weighted by Crippen LogP contribution is 2.28. The summed E-state index contributed by atoms with van der Waals surface area (Å²) in [7, 11) is 0. The smallest absolute Gasteiger partial charge is 0.234 e. The molecule has 1 aliphatic carbocycles. The largest absolute Gasteiger partial charge is 0.345 e. The van der Waals surface area contributed by atoms with Crippen LogP contribution in [-0.2, 0) is 22.6 Å². The fraction of sp³-hybridized carbons (Fsp3) is 0.391. The quantitative estimate of drug-likeness (QED) is 0.743. The summed E-state index contributed by atoms with van der Waals surface area (Å²) in [4.78, 5) is 26.9. The minimum Gasteiger partial charge on any atom is -0.345 e. The van der Waals surface area contributed by atoms with Crippen molar-refractivity contribution in [3.8, 4) is 0 Å². The number of nitrogens with one attached hydrogen (secondary N) is 1. The van der Waals surface area contributed by atoms with Gasteiger partial charge in [-0.3, -0.25) is 14.5 Å². The first-order valence-electron chi connectivity index (χ1n) is 9.64. The van der Waals surface area contributed by atoms with E-state index in [1.54, 1.807) is 6.92 Å². The number of benzene rings is 2. The third-order valence-corrected chi connectivity index (χ3v) is 5.02. The molecule has 0 spiro atoms. The highest BCUT2D eigenvalue weighted by molar-refractivity contribution is 5.88. The van der Waals surface area contributed by atoms with Crippen molar-refractivity contribution in [2.24, 2.45) is 0 Å². The molecule has 0 aliphatic heterocycles. The van der Waals surface area contributed by atoms with Gasteiger partial charge in [0, 0.05) is 12.6 Å². The van der Waals surface area contributed by atoms with Gasteiger partial charge in [0.25, 0.3) is 0 Å². The van der Waals surface area contributed by atoms with Crippen LogP contribution in [0.2, 0.25) is 0 Å². The minimum atomic E-state index is -0.472. The lowest BCUT2D eigenvalue weighted by Gasteiger charge is -2.23. The zero-order chi connectivity index (χ0) is 19.2. The van der Waals surface area contributed by atoms with Gasteiger partial charge in [0.05, 0.1) is 12.6 Å². The summed E-state index contributed by atoms with van der Waals surface area (Å²) >= 11 is 0. The standard InChI is InChI=1S/C23H28N2O2/c1-17-8-10-20(11-9-17)15-25(21-12-13-21)16-23(27)24-22(18(2)26)14-19-6-4-3-5-7-19/h3-11,21-22H,12-16H2,1-2H3,(H,24,27). The lowest BCUT2D eigenvalue weighted by molar-refractivity contribution is -0.127. The Morgan fingerprint density at radius 3 is 2.30 bits per heavy atom. The summed E-state index contributed by atoms with van der Waals surface area (Å²) in [5.41, 5.74) is 3.50. The highest BCUT2D eigenvalue weighted by Gasteiger charge is 2.31. The van der Waals surface area contributed by atoms with E-state index in [0.29, 0.717) is 19.0 Å². The zero-order valence-corrected chi connectivity index (χ0v) is 16.2. The number of ketones is 1. The average Bonchev–Trinajstić information content (AvgIpc) is 3.48. The molecular formula is C23H28N2O2. The summed E-state index contributed by atoms with van der Waals surface area (Å²) in [5, 5.41) is 2.94. The van der Waals surface area contributed by atoms with Gasteiger partial charge in [-0.1, -0.05) is 60.2 Å². The predicted octanol–water partition coefficient (Wildman–Crippen LogP) is 3.28. The van der Waals surface area contributed by atoms with E-state index in [4.69, 9.17) is 0 Å². The molecule has 1 fully saturated rings. The van der Waals surface area contributed by atoms with Gasteiger partial charge >= 0.3 is 0 Å². The van der Waals surface area contributed by atoms with Crippen LogP contribution in [0.25, 0.3) is 0 Å². The number of Topliss-reactive ketones (excluding diaryl/α,β-unsaturated/α-hetero) is 1. The van der Waals surface area contributed by atoms with Gasteiger partial charge in [-0.05, 0) is 44.2 Å². The summed E-state index contributed by atoms with van der Waals surface area (Å²) in [6.45, 7) is 4.71. The molecule has 2 aromatic carbocycles. The molecular weight excluding hydrogens is 336 g/mol. The topological polar surface area (TPSA) is 49.4 Å². The summed E-state index contributed by atoms with van der Waals surface area (Å²) in [6.07, 6.45) is 2.81. The number of hydrogen-bond donors (Lipinski definition) is 1. The van der Waals surface area contributed by atoms with Crippen molar-refractivity contribution < 1.29 is 9.59 Å². The summed E-state index contributed by atoms with van der Waals surface area (Å²) in [5.74, 6) is -0.0890. The van der Waals surface area contributed by atoms with E-state index in [9.17, 15) is 9.59 Å². The van der Waals surface area contributed by atoms with E-state index in [0.717, 1.165) is 24.9 Å². The predicted molar refractivity (Wildman–Crippen MR) is 107 cm³/mol. The van der Waals surface area contributed by atoms with E-state index in [1.807, 2.05) is 30.3 Å². The Labute approximate surface area is 161 Å². The van der Waals surface area contributed by atoms with Gasteiger partial charge < -0.3 is 5.32 Å². The van der Waals surface area contributed by atoms with Crippen molar-refractivity contribution in [3.05, 3.63) is 71.3 Å². The van der Waals surface area contributed by atoms with Crippen molar-refractivity contribution in [2.45, 2.75) is 51.7 Å². The van der Waals surface area contributed by atoms with Gasteiger partial charge in [0.1, 0.15) is 0 Å². The highest BCUT2D eigenvalue weighted by atomic mass is 16.2. The van der Waals surface area contributed by atoms with Crippen LogP contribution >= 0.6 is 0 Å². The minimum absolute atomic E-state index is 0.0105. The van der Waals surface area contributed by atoms with Crippen molar-refractivity contribution in [1.82, 2.24) is 10.2 Å². The molecule has 1 saturated carbocycles. The molecule has 0 saturated heterocycles. The first-order valence-corrected chi connectivity index (χ1v) is 9.64. The Bertz CT molecular complexity index is 767. The SMILES string of the molecule is CC(=O)C(Cc1ccccc1)NC(=O)CN(Cc1ccc(C)cc1)C1CC1. The van der Waals surface area contributed by atoms with Crippen molar-refractivity contribution >= 4 is 11.7 Å². The molecule has 0 bridgehead atoms. The molecule has 4 nitrogen and oxygen atoms in total. The number of aryl methyl sites for hydroxylation is 1. The Kier molecular flexibility index (Phi) is 6.40. The van der Waals surface area contributed by atoms with E-state index in [1.165, 1.54) is 11.1 Å². The van der Waals surface area contributed by atoms with E-state index in [2.05, 4.69) is 41.4 Å². The van der Waals surface area contributed by atoms with Crippen LogP contribution in [0.15, 0.2) is 54.6 Å². The first kappa shape index (κ1) is 19.3. The van der Waals surface area contributed by atoms with Crippen molar-refractivity contribution in [1.29, 1.82) is 0 Å². The molecule has 1 atom stereocenters. The summed E-state index contributed by atoms with van der Waals surface area (Å²) < 4.78 is 0. The van der Waals surface area contributed by atoms with Crippen molar-refractivity contribution in [2.75, 3.05) is 6.54 Å². The Morgan fingerprint density at radius 2 is 1.70 bits per heavy atom. The van der Waals surface area contributed by atoms with E-state index in [-0.39, 0.29) is 11.7 Å². The molecule has 3 rings (SSSR count). The van der Waals surface area contributed by atoms with E-state index < -0.39 is 6.04 Å². The van der Waals surface area contributed by atoms with Crippen molar-refractivity contribution in [3.63, 3.8) is 0 Å². The zero-order valence-electron chi connectivity index (χ0n) is 16.2.